The Morgan fingerprint density at radius 3 is 2.85 bits per heavy atom. The molecule has 142 valence electrons. The van der Waals surface area contributed by atoms with Crippen LogP contribution in [0, 0.1) is 12.8 Å². The topological polar surface area (TPSA) is 95.8 Å². The van der Waals surface area contributed by atoms with Gasteiger partial charge in [-0.25, -0.2) is 0 Å². The van der Waals surface area contributed by atoms with E-state index < -0.39 is 11.8 Å². The molecule has 0 spiro atoms. The van der Waals surface area contributed by atoms with Crippen LogP contribution >= 0.6 is 15.9 Å². The molecule has 1 aromatic heterocycles. The van der Waals surface area contributed by atoms with E-state index in [1.807, 2.05) is 24.3 Å². The molecule has 1 aliphatic heterocycles. The molecule has 1 saturated heterocycles. The maximum absolute atomic E-state index is 12.7. The van der Waals surface area contributed by atoms with Crippen LogP contribution in [0.4, 0.5) is 11.5 Å². The summed E-state index contributed by atoms with van der Waals surface area (Å²) in [6, 6.07) is 8.95. The highest BCUT2D eigenvalue weighted by atomic mass is 79.9. The van der Waals surface area contributed by atoms with Crippen LogP contribution in [-0.4, -0.2) is 47.9 Å². The summed E-state index contributed by atoms with van der Waals surface area (Å²) in [4.78, 5) is 40.3. The molecule has 0 bridgehead atoms. The number of benzene rings is 1. The Labute approximate surface area is 164 Å². The van der Waals surface area contributed by atoms with Crippen molar-refractivity contribution in [2.45, 2.75) is 13.3 Å². The predicted molar refractivity (Wildman–Crippen MR) is 102 cm³/mol. The zero-order valence-electron chi connectivity index (χ0n) is 14.9. The number of nitrogens with zero attached hydrogens (tertiary/aromatic N) is 3. The van der Waals surface area contributed by atoms with Crippen LogP contribution in [0.25, 0.3) is 0 Å². The highest BCUT2D eigenvalue weighted by Crippen LogP contribution is 2.28. The van der Waals surface area contributed by atoms with Gasteiger partial charge in [-0.15, -0.1) is 0 Å². The summed E-state index contributed by atoms with van der Waals surface area (Å²) in [5.41, 5.74) is 0.742. The molecule has 3 amide bonds. The van der Waals surface area contributed by atoms with Crippen molar-refractivity contribution < 1.29 is 18.9 Å². The van der Waals surface area contributed by atoms with E-state index in [2.05, 4.69) is 26.4 Å². The maximum Gasteiger partial charge on any atom is 0.245 e. The number of aromatic nitrogens is 1. The van der Waals surface area contributed by atoms with E-state index in [1.165, 1.54) is 11.9 Å². The minimum absolute atomic E-state index is 0.175. The molecule has 1 atom stereocenters. The molecule has 2 aromatic rings. The smallest absolute Gasteiger partial charge is 0.245 e. The van der Waals surface area contributed by atoms with Crippen molar-refractivity contribution in [3.63, 3.8) is 0 Å². The number of anilines is 2. The van der Waals surface area contributed by atoms with Gasteiger partial charge in [-0.3, -0.25) is 14.4 Å². The van der Waals surface area contributed by atoms with E-state index in [4.69, 9.17) is 4.52 Å². The second-order valence-electron chi connectivity index (χ2n) is 6.38. The second kappa shape index (κ2) is 7.91. The van der Waals surface area contributed by atoms with Crippen LogP contribution in [0.15, 0.2) is 39.3 Å². The van der Waals surface area contributed by atoms with Crippen molar-refractivity contribution >= 4 is 45.2 Å². The third kappa shape index (κ3) is 4.36. The Bertz CT molecular complexity index is 882. The summed E-state index contributed by atoms with van der Waals surface area (Å²) < 4.78 is 5.74. The fourth-order valence-corrected chi connectivity index (χ4v) is 3.36. The van der Waals surface area contributed by atoms with Crippen molar-refractivity contribution in [3.05, 3.63) is 40.6 Å². The molecule has 1 N–H and O–H groups in total. The number of hydrogen-bond acceptors (Lipinski definition) is 5. The van der Waals surface area contributed by atoms with Crippen molar-refractivity contribution in [1.82, 2.24) is 10.1 Å². The fraction of sp³-hybridized carbons (Fsp3) is 0.333. The quantitative estimate of drug-likeness (QED) is 0.727. The number of amides is 3. The zero-order valence-corrected chi connectivity index (χ0v) is 16.5. The molecule has 0 saturated carbocycles. The first-order valence-electron chi connectivity index (χ1n) is 8.40. The van der Waals surface area contributed by atoms with Crippen molar-refractivity contribution in [2.75, 3.05) is 30.4 Å². The molecule has 2 heterocycles. The molecule has 1 unspecified atom stereocenters. The number of carbonyl (C=O) groups is 3. The van der Waals surface area contributed by atoms with Gasteiger partial charge in [0, 0.05) is 29.8 Å². The lowest BCUT2D eigenvalue weighted by Crippen LogP contribution is -2.41. The number of aryl methyl sites for hydroxylation is 1. The van der Waals surface area contributed by atoms with Crippen LogP contribution in [0.2, 0.25) is 0 Å². The van der Waals surface area contributed by atoms with Gasteiger partial charge in [-0.1, -0.05) is 27.2 Å². The van der Waals surface area contributed by atoms with E-state index in [9.17, 15) is 14.4 Å². The Hall–Kier alpha value is -2.68. The third-order valence-corrected chi connectivity index (χ3v) is 4.77. The lowest BCUT2D eigenvalue weighted by Gasteiger charge is -2.21. The van der Waals surface area contributed by atoms with Gasteiger partial charge in [-0.2, -0.15) is 0 Å². The lowest BCUT2D eigenvalue weighted by molar-refractivity contribution is -0.140. The van der Waals surface area contributed by atoms with Gasteiger partial charge >= 0.3 is 0 Å². The van der Waals surface area contributed by atoms with Crippen LogP contribution in [0.1, 0.15) is 12.2 Å². The lowest BCUT2D eigenvalue weighted by atomic mass is 10.1. The first-order chi connectivity index (χ1) is 12.8. The Morgan fingerprint density at radius 1 is 1.41 bits per heavy atom. The average molecular weight is 435 g/mol. The number of hydrogen-bond donors (Lipinski definition) is 1. The van der Waals surface area contributed by atoms with Gasteiger partial charge in [0.05, 0.1) is 6.54 Å². The van der Waals surface area contributed by atoms with Crippen molar-refractivity contribution in [2.24, 2.45) is 5.92 Å². The van der Waals surface area contributed by atoms with Crippen molar-refractivity contribution in [3.8, 4) is 0 Å². The molecular weight excluding hydrogens is 416 g/mol. The minimum atomic E-state index is -0.781. The standard InChI is InChI=1S/C18H19BrN4O4/c1-11-8-15(21-27-11)20-16(24)10-22(2)17(25)14-6-7-23(18(14)26)13-5-3-4-12(19)9-13/h3-5,8-9,14H,6-7,10H2,1-2H3,(H,20,21,24). The van der Waals surface area contributed by atoms with Crippen LogP contribution in [0.5, 0.6) is 0 Å². The third-order valence-electron chi connectivity index (χ3n) is 4.28. The molecule has 8 nitrogen and oxygen atoms in total. The molecule has 3 rings (SSSR count). The van der Waals surface area contributed by atoms with Gasteiger partial charge in [0.15, 0.2) is 5.82 Å². The fourth-order valence-electron chi connectivity index (χ4n) is 2.98. The Morgan fingerprint density at radius 2 is 2.19 bits per heavy atom. The maximum atomic E-state index is 12.7. The second-order valence-corrected chi connectivity index (χ2v) is 7.29. The van der Waals surface area contributed by atoms with Gasteiger partial charge in [0.1, 0.15) is 11.7 Å². The Balaban J connectivity index is 1.60. The first-order valence-corrected chi connectivity index (χ1v) is 9.19. The summed E-state index contributed by atoms with van der Waals surface area (Å²) in [5, 5.41) is 6.23. The number of halogens is 1. The normalized spacial score (nSPS) is 16.5. The van der Waals surface area contributed by atoms with Gasteiger partial charge in [0.2, 0.25) is 17.7 Å². The molecular formula is C18H19BrN4O4. The Kier molecular flexibility index (Phi) is 5.59. The number of carbonyl (C=O) groups excluding carboxylic acids is 3. The van der Waals surface area contributed by atoms with Gasteiger partial charge < -0.3 is 19.6 Å². The van der Waals surface area contributed by atoms with E-state index in [-0.39, 0.29) is 24.2 Å². The van der Waals surface area contributed by atoms with Crippen molar-refractivity contribution in [1.29, 1.82) is 0 Å². The summed E-state index contributed by atoms with van der Waals surface area (Å²) in [7, 11) is 1.50. The molecule has 27 heavy (non-hydrogen) atoms. The molecule has 1 aliphatic rings. The molecule has 1 fully saturated rings. The number of rotatable bonds is 5. The van der Waals surface area contributed by atoms with Gasteiger partial charge in [0.25, 0.3) is 0 Å². The van der Waals surface area contributed by atoms with E-state index in [0.29, 0.717) is 18.7 Å². The monoisotopic (exact) mass is 434 g/mol. The van der Waals surface area contributed by atoms with Gasteiger partial charge in [-0.05, 0) is 31.5 Å². The predicted octanol–water partition coefficient (Wildman–Crippen LogP) is 2.20. The SMILES string of the molecule is Cc1cc(NC(=O)CN(C)C(=O)C2CCN(c3cccc(Br)c3)C2=O)no1. The van der Waals surface area contributed by atoms with E-state index >= 15 is 0 Å². The first kappa shape index (κ1) is 19.1. The summed E-state index contributed by atoms with van der Waals surface area (Å²) in [5.74, 6) is -0.957. The number of likely N-dealkylation sites (N-methyl/N-ethyl adjacent to an activating group) is 1. The van der Waals surface area contributed by atoms with E-state index in [1.54, 1.807) is 17.9 Å². The molecule has 0 radical (unpaired) electrons. The van der Waals surface area contributed by atoms with Crippen LogP contribution < -0.4 is 10.2 Å². The zero-order chi connectivity index (χ0) is 19.6. The average Bonchev–Trinajstić information content (AvgIpc) is 3.19. The molecule has 1 aromatic carbocycles. The largest absolute Gasteiger partial charge is 0.360 e. The van der Waals surface area contributed by atoms with E-state index in [0.717, 1.165) is 10.2 Å². The minimum Gasteiger partial charge on any atom is -0.360 e. The summed E-state index contributed by atoms with van der Waals surface area (Å²) >= 11 is 3.38. The molecule has 9 heteroatoms. The summed E-state index contributed by atoms with van der Waals surface area (Å²) in [6.07, 6.45) is 0.415. The highest BCUT2D eigenvalue weighted by Gasteiger charge is 2.39. The summed E-state index contributed by atoms with van der Waals surface area (Å²) in [6.45, 7) is 2.00. The van der Waals surface area contributed by atoms with Crippen LogP contribution in [0.3, 0.4) is 0 Å². The molecule has 0 aliphatic carbocycles. The number of nitrogens with one attached hydrogen (secondary N) is 1. The van der Waals surface area contributed by atoms with Crippen LogP contribution in [-0.2, 0) is 14.4 Å². The highest BCUT2D eigenvalue weighted by molar-refractivity contribution is 9.10.